The highest BCUT2D eigenvalue weighted by Crippen LogP contribution is 2.44. The fourth-order valence-corrected chi connectivity index (χ4v) is 5.11. The number of carbonyl (C=O) groups is 3. The third-order valence-electron chi connectivity index (χ3n) is 7.14. The quantitative estimate of drug-likeness (QED) is 0.603. The lowest BCUT2D eigenvalue weighted by molar-refractivity contribution is -0.138. The zero-order chi connectivity index (χ0) is 24.9. The third-order valence-corrected chi connectivity index (χ3v) is 7.14. The van der Waals surface area contributed by atoms with Crippen molar-refractivity contribution in [3.05, 3.63) is 59.7 Å². The van der Waals surface area contributed by atoms with E-state index < -0.39 is 18.1 Å². The first kappa shape index (κ1) is 24.7. The molecule has 0 radical (unpaired) electrons. The molecule has 4 rings (SSSR count). The van der Waals surface area contributed by atoms with Crippen molar-refractivity contribution < 1.29 is 24.2 Å². The molecular weight excluding hydrogens is 446 g/mol. The van der Waals surface area contributed by atoms with Crippen LogP contribution in [0.25, 0.3) is 11.1 Å². The molecule has 1 aliphatic carbocycles. The molecule has 2 amide bonds. The lowest BCUT2D eigenvalue weighted by Gasteiger charge is -2.40. The molecule has 8 heteroatoms. The summed E-state index contributed by atoms with van der Waals surface area (Å²) >= 11 is 0. The van der Waals surface area contributed by atoms with Gasteiger partial charge in [-0.1, -0.05) is 55.5 Å². The van der Waals surface area contributed by atoms with Gasteiger partial charge in [0.05, 0.1) is 0 Å². The van der Waals surface area contributed by atoms with Crippen molar-refractivity contribution in [1.82, 2.24) is 15.1 Å². The van der Waals surface area contributed by atoms with Crippen molar-refractivity contribution in [2.45, 2.75) is 44.2 Å². The van der Waals surface area contributed by atoms with Gasteiger partial charge in [-0.15, -0.1) is 0 Å². The number of hydrogen-bond donors (Lipinski definition) is 2. The van der Waals surface area contributed by atoms with Gasteiger partial charge < -0.3 is 20.1 Å². The standard InChI is InChI=1S/C27H33N3O5/c1-3-18-16-30(15-14-29(18)2)26(33)24(12-13-25(31)32)28-27(34)35-17-23-21-10-6-4-8-19(21)20-9-5-7-11-22(20)23/h4-11,18,23-24H,3,12-17H2,1-2H3,(H,28,34)(H,31,32). The van der Waals surface area contributed by atoms with Crippen LogP contribution in [0.15, 0.2) is 48.5 Å². The number of hydrogen-bond acceptors (Lipinski definition) is 5. The van der Waals surface area contributed by atoms with Gasteiger partial charge in [0.25, 0.3) is 0 Å². The summed E-state index contributed by atoms with van der Waals surface area (Å²) in [6, 6.07) is 15.4. The molecule has 2 N–H and O–H groups in total. The Morgan fingerprint density at radius 1 is 1.06 bits per heavy atom. The zero-order valence-electron chi connectivity index (χ0n) is 20.3. The smallest absolute Gasteiger partial charge is 0.407 e. The Kier molecular flexibility index (Phi) is 7.70. The molecule has 0 bridgehead atoms. The van der Waals surface area contributed by atoms with Crippen LogP contribution < -0.4 is 5.32 Å². The van der Waals surface area contributed by atoms with Gasteiger partial charge in [-0.2, -0.15) is 0 Å². The topological polar surface area (TPSA) is 99.2 Å². The number of aliphatic carboxylic acids is 1. The summed E-state index contributed by atoms with van der Waals surface area (Å²) in [6.07, 6.45) is -0.0105. The molecular formula is C27H33N3O5. The minimum atomic E-state index is -1.01. The Labute approximate surface area is 205 Å². The van der Waals surface area contributed by atoms with Crippen molar-refractivity contribution in [1.29, 1.82) is 0 Å². The van der Waals surface area contributed by atoms with Crippen LogP contribution in [-0.4, -0.2) is 78.2 Å². The molecule has 2 unspecified atom stereocenters. The lowest BCUT2D eigenvalue weighted by atomic mass is 9.98. The summed E-state index contributed by atoms with van der Waals surface area (Å²) in [6.45, 7) is 4.04. The van der Waals surface area contributed by atoms with E-state index in [2.05, 4.69) is 29.3 Å². The lowest BCUT2D eigenvalue weighted by Crippen LogP contribution is -2.57. The average molecular weight is 480 g/mol. The van der Waals surface area contributed by atoms with E-state index in [4.69, 9.17) is 9.84 Å². The average Bonchev–Trinajstić information content (AvgIpc) is 3.18. The van der Waals surface area contributed by atoms with Gasteiger partial charge in [0.15, 0.2) is 0 Å². The van der Waals surface area contributed by atoms with Gasteiger partial charge in [0.2, 0.25) is 5.91 Å². The monoisotopic (exact) mass is 479 g/mol. The summed E-state index contributed by atoms with van der Waals surface area (Å²) in [5, 5.41) is 11.8. The summed E-state index contributed by atoms with van der Waals surface area (Å²) in [5.74, 6) is -1.36. The van der Waals surface area contributed by atoms with Crippen molar-refractivity contribution in [3.63, 3.8) is 0 Å². The fourth-order valence-electron chi connectivity index (χ4n) is 5.11. The third kappa shape index (κ3) is 5.48. The van der Waals surface area contributed by atoms with Crippen molar-refractivity contribution in [2.24, 2.45) is 0 Å². The highest BCUT2D eigenvalue weighted by Gasteiger charge is 2.33. The number of fused-ring (bicyclic) bond motifs is 3. The number of amides is 2. The van der Waals surface area contributed by atoms with Crippen molar-refractivity contribution in [2.75, 3.05) is 33.3 Å². The van der Waals surface area contributed by atoms with E-state index in [1.807, 2.05) is 43.4 Å². The van der Waals surface area contributed by atoms with E-state index in [1.54, 1.807) is 4.90 Å². The number of carboxylic acid groups (broad SMARTS) is 1. The fraction of sp³-hybridized carbons (Fsp3) is 0.444. The maximum absolute atomic E-state index is 13.2. The number of nitrogens with one attached hydrogen (secondary N) is 1. The number of piperazine rings is 1. The van der Waals surface area contributed by atoms with Crippen LogP contribution in [0.3, 0.4) is 0 Å². The first-order valence-electron chi connectivity index (χ1n) is 12.2. The summed E-state index contributed by atoms with van der Waals surface area (Å²) in [7, 11) is 2.03. The van der Waals surface area contributed by atoms with Gasteiger partial charge in [-0.3, -0.25) is 14.5 Å². The number of carbonyl (C=O) groups excluding carboxylic acids is 2. The molecule has 1 saturated heterocycles. The van der Waals surface area contributed by atoms with E-state index in [1.165, 1.54) is 0 Å². The molecule has 186 valence electrons. The van der Waals surface area contributed by atoms with Crippen LogP contribution in [-0.2, 0) is 14.3 Å². The molecule has 2 aliphatic rings. The number of carboxylic acids is 1. The number of alkyl carbamates (subject to hydrolysis) is 1. The number of nitrogens with zero attached hydrogens (tertiary/aromatic N) is 2. The van der Waals surface area contributed by atoms with E-state index in [-0.39, 0.29) is 37.3 Å². The number of likely N-dealkylation sites (N-methyl/N-ethyl adjacent to an activating group) is 1. The Bertz CT molecular complexity index is 1040. The van der Waals surface area contributed by atoms with E-state index >= 15 is 0 Å². The Morgan fingerprint density at radius 2 is 1.69 bits per heavy atom. The molecule has 1 heterocycles. The van der Waals surface area contributed by atoms with Gasteiger partial charge in [0.1, 0.15) is 12.6 Å². The van der Waals surface area contributed by atoms with E-state index in [0.29, 0.717) is 13.1 Å². The Hall–Kier alpha value is -3.39. The predicted octanol–water partition coefficient (Wildman–Crippen LogP) is 3.31. The molecule has 35 heavy (non-hydrogen) atoms. The molecule has 2 atom stereocenters. The SMILES string of the molecule is CCC1CN(C(=O)C(CCC(=O)O)NC(=O)OCC2c3ccccc3-c3ccccc32)CCN1C. The molecule has 0 aromatic heterocycles. The van der Waals surface area contributed by atoms with Gasteiger partial charge >= 0.3 is 12.1 Å². The minimum absolute atomic E-state index is 0.0154. The van der Waals surface area contributed by atoms with Crippen LogP contribution in [0.5, 0.6) is 0 Å². The number of ether oxygens (including phenoxy) is 1. The van der Waals surface area contributed by atoms with Gasteiger partial charge in [-0.05, 0) is 42.1 Å². The van der Waals surface area contributed by atoms with Gasteiger partial charge in [0, 0.05) is 38.0 Å². The molecule has 8 nitrogen and oxygen atoms in total. The zero-order valence-corrected chi connectivity index (χ0v) is 20.3. The van der Waals surface area contributed by atoms with Crippen LogP contribution in [0, 0.1) is 0 Å². The second-order valence-electron chi connectivity index (χ2n) is 9.28. The van der Waals surface area contributed by atoms with Crippen LogP contribution in [0.1, 0.15) is 43.2 Å². The molecule has 2 aromatic rings. The summed E-state index contributed by atoms with van der Waals surface area (Å²) < 4.78 is 5.60. The Balaban J connectivity index is 1.42. The second kappa shape index (κ2) is 10.9. The Morgan fingerprint density at radius 3 is 2.29 bits per heavy atom. The van der Waals surface area contributed by atoms with Crippen molar-refractivity contribution in [3.8, 4) is 11.1 Å². The highest BCUT2D eigenvalue weighted by atomic mass is 16.5. The van der Waals surface area contributed by atoms with Crippen molar-refractivity contribution >= 4 is 18.0 Å². The van der Waals surface area contributed by atoms with Crippen LogP contribution >= 0.6 is 0 Å². The summed E-state index contributed by atoms with van der Waals surface area (Å²) in [4.78, 5) is 41.2. The number of benzene rings is 2. The molecule has 1 aliphatic heterocycles. The first-order valence-corrected chi connectivity index (χ1v) is 12.2. The largest absolute Gasteiger partial charge is 0.481 e. The predicted molar refractivity (Wildman–Crippen MR) is 132 cm³/mol. The van der Waals surface area contributed by atoms with E-state index in [9.17, 15) is 14.4 Å². The van der Waals surface area contributed by atoms with Crippen LogP contribution in [0.2, 0.25) is 0 Å². The van der Waals surface area contributed by atoms with Crippen LogP contribution in [0.4, 0.5) is 4.79 Å². The molecule has 0 spiro atoms. The maximum Gasteiger partial charge on any atom is 0.407 e. The normalized spacial score (nSPS) is 18.5. The first-order chi connectivity index (χ1) is 16.9. The number of rotatable bonds is 8. The second-order valence-corrected chi connectivity index (χ2v) is 9.28. The summed E-state index contributed by atoms with van der Waals surface area (Å²) in [5.41, 5.74) is 4.46. The molecule has 1 fully saturated rings. The minimum Gasteiger partial charge on any atom is -0.481 e. The van der Waals surface area contributed by atoms with Gasteiger partial charge in [-0.25, -0.2) is 4.79 Å². The highest BCUT2D eigenvalue weighted by molar-refractivity contribution is 5.86. The van der Waals surface area contributed by atoms with E-state index in [0.717, 1.165) is 35.2 Å². The molecule has 2 aromatic carbocycles. The maximum atomic E-state index is 13.2. The molecule has 0 saturated carbocycles.